The highest BCUT2D eigenvalue weighted by Crippen LogP contribution is 2.18. The van der Waals surface area contributed by atoms with Gasteiger partial charge in [0.25, 0.3) is 5.91 Å². The number of nitrogens with one attached hydrogen (secondary N) is 2. The van der Waals surface area contributed by atoms with Crippen molar-refractivity contribution >= 4 is 16.7 Å². The number of hydrogen-bond acceptors (Lipinski definition) is 2. The molecule has 3 rings (SSSR count). The van der Waals surface area contributed by atoms with Crippen molar-refractivity contribution in [1.82, 2.24) is 15.3 Å². The quantitative estimate of drug-likeness (QED) is 0.761. The topological polar surface area (TPSA) is 57.8 Å². The summed E-state index contributed by atoms with van der Waals surface area (Å²) in [5.74, 6) is -0.0404. The highest BCUT2D eigenvalue weighted by molar-refractivity contribution is 6.06. The molecular weight excluding hydrogens is 250 g/mol. The first-order chi connectivity index (χ1) is 9.84. The second-order valence-electron chi connectivity index (χ2n) is 4.61. The van der Waals surface area contributed by atoms with E-state index in [0.29, 0.717) is 12.1 Å². The fraction of sp³-hybridized carbons (Fsp3) is 0.125. The van der Waals surface area contributed by atoms with Gasteiger partial charge in [-0.3, -0.25) is 4.79 Å². The largest absolute Gasteiger partial charge is 0.352 e. The van der Waals surface area contributed by atoms with E-state index in [2.05, 4.69) is 15.3 Å². The van der Waals surface area contributed by atoms with Gasteiger partial charge in [-0.2, -0.15) is 0 Å². The monoisotopic (exact) mass is 265 g/mol. The molecule has 20 heavy (non-hydrogen) atoms. The molecule has 1 aromatic heterocycles. The molecular formula is C16H15N3O. The molecule has 0 aliphatic carbocycles. The predicted octanol–water partition coefficient (Wildman–Crippen LogP) is 2.54. The molecule has 0 atom stereocenters. The molecule has 0 unspecified atom stereocenters. The van der Waals surface area contributed by atoms with Gasteiger partial charge in [0.15, 0.2) is 0 Å². The van der Waals surface area contributed by atoms with E-state index >= 15 is 0 Å². The third kappa shape index (κ3) is 2.54. The van der Waals surface area contributed by atoms with Crippen molar-refractivity contribution in [2.45, 2.75) is 6.42 Å². The van der Waals surface area contributed by atoms with Crippen LogP contribution < -0.4 is 5.32 Å². The van der Waals surface area contributed by atoms with E-state index in [4.69, 9.17) is 0 Å². The van der Waals surface area contributed by atoms with Gasteiger partial charge in [-0.25, -0.2) is 4.98 Å². The molecule has 2 aromatic carbocycles. The van der Waals surface area contributed by atoms with Gasteiger partial charge in [0.05, 0.1) is 6.33 Å². The van der Waals surface area contributed by atoms with E-state index in [0.717, 1.165) is 22.9 Å². The van der Waals surface area contributed by atoms with Crippen molar-refractivity contribution in [3.05, 3.63) is 66.2 Å². The van der Waals surface area contributed by atoms with Crippen LogP contribution in [0.1, 0.15) is 16.1 Å². The zero-order chi connectivity index (χ0) is 13.8. The highest BCUT2D eigenvalue weighted by Gasteiger charge is 2.08. The first-order valence-corrected chi connectivity index (χ1v) is 6.58. The standard InChI is InChI=1S/C16H15N3O/c20-16(18-9-8-13-10-17-11-19-13)15-7-3-5-12-4-1-2-6-14(12)15/h1-7,10-11H,8-9H2,(H,17,19)(H,18,20). The molecule has 1 amide bonds. The summed E-state index contributed by atoms with van der Waals surface area (Å²) >= 11 is 0. The minimum absolute atomic E-state index is 0.0404. The fourth-order valence-corrected chi connectivity index (χ4v) is 2.25. The molecule has 100 valence electrons. The number of rotatable bonds is 4. The summed E-state index contributed by atoms with van der Waals surface area (Å²) < 4.78 is 0. The van der Waals surface area contributed by atoms with Crippen molar-refractivity contribution in [2.75, 3.05) is 6.54 Å². The number of benzene rings is 2. The van der Waals surface area contributed by atoms with Crippen LogP contribution >= 0.6 is 0 Å². The number of carbonyl (C=O) groups is 1. The molecule has 0 saturated heterocycles. The number of carbonyl (C=O) groups excluding carboxylic acids is 1. The van der Waals surface area contributed by atoms with E-state index in [1.54, 1.807) is 12.5 Å². The van der Waals surface area contributed by atoms with Crippen molar-refractivity contribution in [3.63, 3.8) is 0 Å². The Morgan fingerprint density at radius 3 is 2.85 bits per heavy atom. The molecule has 4 nitrogen and oxygen atoms in total. The van der Waals surface area contributed by atoms with E-state index < -0.39 is 0 Å². The van der Waals surface area contributed by atoms with Gasteiger partial charge < -0.3 is 10.3 Å². The number of nitrogens with zero attached hydrogens (tertiary/aromatic N) is 1. The SMILES string of the molecule is O=C(NCCc1cnc[nH]1)c1cccc2ccccc12. The number of amides is 1. The third-order valence-electron chi connectivity index (χ3n) is 3.27. The number of hydrogen-bond donors (Lipinski definition) is 2. The van der Waals surface area contributed by atoms with Gasteiger partial charge in [-0.1, -0.05) is 36.4 Å². The van der Waals surface area contributed by atoms with Crippen LogP contribution in [0.2, 0.25) is 0 Å². The summed E-state index contributed by atoms with van der Waals surface area (Å²) in [6, 6.07) is 13.7. The minimum Gasteiger partial charge on any atom is -0.352 e. The first kappa shape index (κ1) is 12.4. The Bertz CT molecular complexity index is 714. The van der Waals surface area contributed by atoms with Gasteiger partial charge in [-0.05, 0) is 16.8 Å². The second-order valence-corrected chi connectivity index (χ2v) is 4.61. The van der Waals surface area contributed by atoms with E-state index in [9.17, 15) is 4.79 Å². The van der Waals surface area contributed by atoms with Crippen molar-refractivity contribution in [3.8, 4) is 0 Å². The van der Waals surface area contributed by atoms with Crippen molar-refractivity contribution in [1.29, 1.82) is 0 Å². The van der Waals surface area contributed by atoms with Crippen LogP contribution in [-0.2, 0) is 6.42 Å². The second kappa shape index (κ2) is 5.57. The highest BCUT2D eigenvalue weighted by atomic mass is 16.1. The van der Waals surface area contributed by atoms with Crippen molar-refractivity contribution < 1.29 is 4.79 Å². The Morgan fingerprint density at radius 2 is 2.00 bits per heavy atom. The molecule has 0 aliphatic heterocycles. The number of imidazole rings is 1. The fourth-order valence-electron chi connectivity index (χ4n) is 2.25. The normalized spacial score (nSPS) is 10.6. The molecule has 0 radical (unpaired) electrons. The maximum Gasteiger partial charge on any atom is 0.251 e. The Morgan fingerprint density at radius 1 is 1.15 bits per heavy atom. The van der Waals surface area contributed by atoms with Gasteiger partial charge in [0.1, 0.15) is 0 Å². The van der Waals surface area contributed by atoms with Crippen LogP contribution in [0, 0.1) is 0 Å². The summed E-state index contributed by atoms with van der Waals surface area (Å²) in [6.07, 6.45) is 4.16. The lowest BCUT2D eigenvalue weighted by Gasteiger charge is -2.07. The van der Waals surface area contributed by atoms with E-state index in [-0.39, 0.29) is 5.91 Å². The van der Waals surface area contributed by atoms with Crippen LogP contribution in [0.3, 0.4) is 0 Å². The van der Waals surface area contributed by atoms with E-state index in [1.807, 2.05) is 42.5 Å². The smallest absolute Gasteiger partial charge is 0.251 e. The maximum atomic E-state index is 12.3. The maximum absolute atomic E-state index is 12.3. The van der Waals surface area contributed by atoms with Gasteiger partial charge in [0.2, 0.25) is 0 Å². The molecule has 2 N–H and O–H groups in total. The molecule has 3 aromatic rings. The van der Waals surface area contributed by atoms with Crippen molar-refractivity contribution in [2.24, 2.45) is 0 Å². The van der Waals surface area contributed by atoms with Crippen LogP contribution in [0.15, 0.2) is 55.0 Å². The molecule has 0 aliphatic rings. The van der Waals surface area contributed by atoms with Gasteiger partial charge in [0, 0.05) is 30.4 Å². The summed E-state index contributed by atoms with van der Waals surface area (Å²) in [5, 5.41) is 5.00. The summed E-state index contributed by atoms with van der Waals surface area (Å²) in [6.45, 7) is 0.588. The molecule has 1 heterocycles. The van der Waals surface area contributed by atoms with Crippen LogP contribution in [-0.4, -0.2) is 22.4 Å². The van der Waals surface area contributed by atoms with Crippen LogP contribution in [0.4, 0.5) is 0 Å². The average Bonchev–Trinajstić information content (AvgIpc) is 3.00. The van der Waals surface area contributed by atoms with Crippen LogP contribution in [0.5, 0.6) is 0 Å². The number of H-pyrrole nitrogens is 1. The summed E-state index contributed by atoms with van der Waals surface area (Å²) in [4.78, 5) is 19.2. The average molecular weight is 265 g/mol. The Balaban J connectivity index is 1.72. The summed E-state index contributed by atoms with van der Waals surface area (Å²) in [5.41, 5.74) is 1.73. The zero-order valence-electron chi connectivity index (χ0n) is 11.0. The molecule has 0 spiro atoms. The molecule has 0 saturated carbocycles. The number of aromatic nitrogens is 2. The molecule has 0 fully saturated rings. The molecule has 0 bridgehead atoms. The minimum atomic E-state index is -0.0404. The Hall–Kier alpha value is -2.62. The number of aromatic amines is 1. The van der Waals surface area contributed by atoms with Gasteiger partial charge >= 0.3 is 0 Å². The van der Waals surface area contributed by atoms with E-state index in [1.165, 1.54) is 0 Å². The Kier molecular flexibility index (Phi) is 3.46. The van der Waals surface area contributed by atoms with Crippen LogP contribution in [0.25, 0.3) is 10.8 Å². The molecule has 4 heteroatoms. The number of fused-ring (bicyclic) bond motifs is 1. The zero-order valence-corrected chi connectivity index (χ0v) is 11.0. The Labute approximate surface area is 116 Å². The third-order valence-corrected chi connectivity index (χ3v) is 3.27. The van der Waals surface area contributed by atoms with Gasteiger partial charge in [-0.15, -0.1) is 0 Å². The lowest BCUT2D eigenvalue weighted by Crippen LogP contribution is -2.25. The lowest BCUT2D eigenvalue weighted by atomic mass is 10.0. The lowest BCUT2D eigenvalue weighted by molar-refractivity contribution is 0.0955. The summed E-state index contributed by atoms with van der Waals surface area (Å²) in [7, 11) is 0. The predicted molar refractivity (Wildman–Crippen MR) is 78.6 cm³/mol. The first-order valence-electron chi connectivity index (χ1n) is 6.58.